The summed E-state index contributed by atoms with van der Waals surface area (Å²) in [5.41, 5.74) is 2.99. The fraction of sp³-hybridized carbons (Fsp3) is 0.500. The van der Waals surface area contributed by atoms with Crippen LogP contribution in [0.1, 0.15) is 37.8 Å². The number of carboxylic acid groups (broad SMARTS) is 1. The van der Waals surface area contributed by atoms with Gasteiger partial charge in [0.2, 0.25) is 0 Å². The second-order valence-electron chi connectivity index (χ2n) is 5.28. The van der Waals surface area contributed by atoms with E-state index in [0.29, 0.717) is 13.0 Å². The first-order chi connectivity index (χ1) is 10.1. The largest absolute Gasteiger partial charge is 0.480 e. The summed E-state index contributed by atoms with van der Waals surface area (Å²) in [7, 11) is 0. The zero-order valence-electron chi connectivity index (χ0n) is 12.6. The topological polar surface area (TPSA) is 69.6 Å². The van der Waals surface area contributed by atoms with Crippen LogP contribution in [0.3, 0.4) is 0 Å². The number of nitrogens with one attached hydrogen (secondary N) is 1. The van der Waals surface area contributed by atoms with Gasteiger partial charge in [0.15, 0.2) is 0 Å². The summed E-state index contributed by atoms with van der Waals surface area (Å²) < 4.78 is 0. The molecule has 1 aromatic carbocycles. The third-order valence-electron chi connectivity index (χ3n) is 4.03. The van der Waals surface area contributed by atoms with Crippen molar-refractivity contribution in [2.45, 2.75) is 45.6 Å². The second kappa shape index (κ2) is 6.61. The molecule has 0 bridgehead atoms. The van der Waals surface area contributed by atoms with Gasteiger partial charge >= 0.3 is 12.0 Å². The van der Waals surface area contributed by atoms with Crippen LogP contribution in [0.15, 0.2) is 18.2 Å². The van der Waals surface area contributed by atoms with Gasteiger partial charge in [0.05, 0.1) is 0 Å². The maximum absolute atomic E-state index is 12.4. The maximum atomic E-state index is 12.4. The highest BCUT2D eigenvalue weighted by Crippen LogP contribution is 2.25. The van der Waals surface area contributed by atoms with E-state index in [1.165, 1.54) is 4.90 Å². The summed E-state index contributed by atoms with van der Waals surface area (Å²) in [5, 5.41) is 12.1. The average molecular weight is 290 g/mol. The standard InChI is InChI=1S/C16H22N2O3/c1-3-11-7-5-8-12(4-2)14(11)17-16(21)18-10-6-9-13(18)15(19)20/h5,7-8,13H,3-4,6,9-10H2,1-2H3,(H,17,21)(H,19,20)/t13-/m1/s1. The number of nitrogens with zero attached hydrogens (tertiary/aromatic N) is 1. The van der Waals surface area contributed by atoms with Gasteiger partial charge in [-0.2, -0.15) is 0 Å². The number of carboxylic acids is 1. The summed E-state index contributed by atoms with van der Waals surface area (Å²) in [4.78, 5) is 25.0. The van der Waals surface area contributed by atoms with E-state index < -0.39 is 12.0 Å². The number of amides is 2. The lowest BCUT2D eigenvalue weighted by atomic mass is 10.0. The number of hydrogen-bond donors (Lipinski definition) is 2. The minimum atomic E-state index is -0.929. The van der Waals surface area contributed by atoms with Crippen molar-refractivity contribution in [2.24, 2.45) is 0 Å². The molecule has 0 radical (unpaired) electrons. The number of anilines is 1. The Hall–Kier alpha value is -2.04. The van der Waals surface area contributed by atoms with Crippen molar-refractivity contribution in [2.75, 3.05) is 11.9 Å². The Morgan fingerprint density at radius 3 is 2.43 bits per heavy atom. The number of likely N-dealkylation sites (tertiary alicyclic amines) is 1. The van der Waals surface area contributed by atoms with Crippen molar-refractivity contribution in [3.8, 4) is 0 Å². The Bertz CT molecular complexity index is 520. The van der Waals surface area contributed by atoms with Crippen LogP contribution in [0.5, 0.6) is 0 Å². The van der Waals surface area contributed by atoms with Crippen molar-refractivity contribution in [3.63, 3.8) is 0 Å². The van der Waals surface area contributed by atoms with Crippen LogP contribution in [0, 0.1) is 0 Å². The first-order valence-electron chi connectivity index (χ1n) is 7.49. The summed E-state index contributed by atoms with van der Waals surface area (Å²) in [6, 6.07) is 4.96. The molecule has 1 heterocycles. The van der Waals surface area contributed by atoms with Gasteiger partial charge in [0, 0.05) is 12.2 Å². The predicted octanol–water partition coefficient (Wildman–Crippen LogP) is 2.89. The molecule has 21 heavy (non-hydrogen) atoms. The average Bonchev–Trinajstić information content (AvgIpc) is 2.97. The predicted molar refractivity (Wildman–Crippen MR) is 81.6 cm³/mol. The summed E-state index contributed by atoms with van der Waals surface area (Å²) in [5.74, 6) is -0.929. The quantitative estimate of drug-likeness (QED) is 0.895. The van der Waals surface area contributed by atoms with Crippen molar-refractivity contribution in [3.05, 3.63) is 29.3 Å². The van der Waals surface area contributed by atoms with E-state index in [4.69, 9.17) is 0 Å². The lowest BCUT2D eigenvalue weighted by Gasteiger charge is -2.23. The first kappa shape index (κ1) is 15.4. The van der Waals surface area contributed by atoms with Gasteiger partial charge in [0.25, 0.3) is 0 Å². The highest BCUT2D eigenvalue weighted by molar-refractivity contribution is 5.94. The Kier molecular flexibility index (Phi) is 4.83. The molecule has 5 heteroatoms. The van der Waals surface area contributed by atoms with E-state index in [9.17, 15) is 14.7 Å². The molecule has 0 spiro atoms. The number of carbonyl (C=O) groups is 2. The van der Waals surface area contributed by atoms with Crippen LogP contribution < -0.4 is 5.32 Å². The summed E-state index contributed by atoms with van der Waals surface area (Å²) in [6.07, 6.45) is 2.91. The van der Waals surface area contributed by atoms with Gasteiger partial charge in [-0.15, -0.1) is 0 Å². The smallest absolute Gasteiger partial charge is 0.326 e. The zero-order chi connectivity index (χ0) is 15.4. The van der Waals surface area contributed by atoms with E-state index in [-0.39, 0.29) is 6.03 Å². The molecule has 1 saturated heterocycles. The number of aryl methyl sites for hydroxylation is 2. The van der Waals surface area contributed by atoms with Gasteiger partial charge in [-0.3, -0.25) is 0 Å². The molecule has 1 aromatic rings. The molecule has 1 aliphatic heterocycles. The monoisotopic (exact) mass is 290 g/mol. The lowest BCUT2D eigenvalue weighted by molar-refractivity contribution is -0.141. The van der Waals surface area contributed by atoms with Crippen LogP contribution >= 0.6 is 0 Å². The van der Waals surface area contributed by atoms with Gasteiger partial charge in [-0.25, -0.2) is 9.59 Å². The van der Waals surface area contributed by atoms with E-state index in [1.807, 2.05) is 32.0 Å². The van der Waals surface area contributed by atoms with Crippen molar-refractivity contribution in [1.29, 1.82) is 0 Å². The Morgan fingerprint density at radius 2 is 1.90 bits per heavy atom. The van der Waals surface area contributed by atoms with Gasteiger partial charge in [-0.05, 0) is 36.8 Å². The number of rotatable bonds is 4. The van der Waals surface area contributed by atoms with Crippen LogP contribution in [0.25, 0.3) is 0 Å². The minimum Gasteiger partial charge on any atom is -0.480 e. The molecule has 5 nitrogen and oxygen atoms in total. The molecule has 1 aliphatic rings. The minimum absolute atomic E-state index is 0.310. The Balaban J connectivity index is 2.21. The molecule has 114 valence electrons. The van der Waals surface area contributed by atoms with Crippen LogP contribution in [0.4, 0.5) is 10.5 Å². The number of carbonyl (C=O) groups excluding carboxylic acids is 1. The van der Waals surface area contributed by atoms with Crippen LogP contribution in [0.2, 0.25) is 0 Å². The van der Waals surface area contributed by atoms with E-state index in [1.54, 1.807) is 0 Å². The van der Waals surface area contributed by atoms with E-state index in [2.05, 4.69) is 5.32 Å². The Morgan fingerprint density at radius 1 is 1.29 bits per heavy atom. The normalized spacial score (nSPS) is 17.8. The molecule has 1 fully saturated rings. The molecule has 2 amide bonds. The SMILES string of the molecule is CCc1cccc(CC)c1NC(=O)N1CCC[C@@H]1C(=O)O. The van der Waals surface area contributed by atoms with Gasteiger partial charge in [0.1, 0.15) is 6.04 Å². The highest BCUT2D eigenvalue weighted by atomic mass is 16.4. The third kappa shape index (κ3) is 3.17. The van der Waals surface area contributed by atoms with E-state index >= 15 is 0 Å². The highest BCUT2D eigenvalue weighted by Gasteiger charge is 2.34. The van der Waals surface area contributed by atoms with Crippen LogP contribution in [-0.4, -0.2) is 34.6 Å². The second-order valence-corrected chi connectivity index (χ2v) is 5.28. The lowest BCUT2D eigenvalue weighted by Crippen LogP contribution is -2.43. The Labute approximate surface area is 125 Å². The van der Waals surface area contributed by atoms with Crippen molar-refractivity contribution in [1.82, 2.24) is 4.90 Å². The molecule has 0 saturated carbocycles. The first-order valence-corrected chi connectivity index (χ1v) is 7.49. The fourth-order valence-electron chi connectivity index (χ4n) is 2.85. The number of para-hydroxylation sites is 1. The van der Waals surface area contributed by atoms with Crippen molar-refractivity contribution >= 4 is 17.7 Å². The molecule has 0 aliphatic carbocycles. The number of aliphatic carboxylic acids is 1. The third-order valence-corrected chi connectivity index (χ3v) is 4.03. The zero-order valence-corrected chi connectivity index (χ0v) is 12.6. The fourth-order valence-corrected chi connectivity index (χ4v) is 2.85. The molecule has 0 aromatic heterocycles. The van der Waals surface area contributed by atoms with Gasteiger partial charge < -0.3 is 15.3 Å². The molecule has 2 rings (SSSR count). The molecular formula is C16H22N2O3. The molecule has 2 N–H and O–H groups in total. The number of urea groups is 1. The molecule has 1 atom stereocenters. The molecule has 0 unspecified atom stereocenters. The summed E-state index contributed by atoms with van der Waals surface area (Å²) >= 11 is 0. The van der Waals surface area contributed by atoms with Crippen LogP contribution in [-0.2, 0) is 17.6 Å². The van der Waals surface area contributed by atoms with Crippen molar-refractivity contribution < 1.29 is 14.7 Å². The molecular weight excluding hydrogens is 268 g/mol. The van der Waals surface area contributed by atoms with E-state index in [0.717, 1.165) is 36.1 Å². The maximum Gasteiger partial charge on any atom is 0.326 e. The number of hydrogen-bond acceptors (Lipinski definition) is 2. The van der Waals surface area contributed by atoms with Gasteiger partial charge in [-0.1, -0.05) is 32.0 Å². The summed E-state index contributed by atoms with van der Waals surface area (Å²) in [6.45, 7) is 4.58. The number of benzene rings is 1.